The highest BCUT2D eigenvalue weighted by molar-refractivity contribution is 7.18. The smallest absolute Gasteiger partial charge is 0.167 e. The molecule has 0 aliphatic carbocycles. The molecule has 5 heteroatoms. The Morgan fingerprint density at radius 2 is 2.15 bits per heavy atom. The summed E-state index contributed by atoms with van der Waals surface area (Å²) in [4.78, 5) is 4.61. The number of nitrogens with zero attached hydrogens (tertiary/aromatic N) is 1. The molecule has 2 aromatic carbocycles. The highest BCUT2D eigenvalue weighted by Gasteiger charge is 2.24. The number of nitrogens with one attached hydrogen (secondary N) is 1. The monoisotopic (exact) mass is 286 g/mol. The number of fused-ring (bicyclic) bond motifs is 2. The van der Waals surface area contributed by atoms with Gasteiger partial charge in [0.05, 0.1) is 22.4 Å². The molecule has 3 nitrogen and oxygen atoms in total. The first-order valence-electron chi connectivity index (χ1n) is 6.35. The Morgan fingerprint density at radius 1 is 1.25 bits per heavy atom. The van der Waals surface area contributed by atoms with E-state index < -0.39 is 0 Å². The quantitative estimate of drug-likeness (QED) is 0.734. The van der Waals surface area contributed by atoms with Crippen LogP contribution in [0.2, 0.25) is 0 Å². The minimum atomic E-state index is -0.265. The molecule has 1 atom stereocenters. The van der Waals surface area contributed by atoms with E-state index in [9.17, 15) is 4.39 Å². The highest BCUT2D eigenvalue weighted by atomic mass is 32.1. The van der Waals surface area contributed by atoms with Crippen molar-refractivity contribution in [1.29, 1.82) is 0 Å². The Kier molecular flexibility index (Phi) is 2.60. The Labute approximate surface area is 119 Å². The second-order valence-electron chi connectivity index (χ2n) is 4.65. The van der Waals surface area contributed by atoms with E-state index in [2.05, 4.69) is 16.4 Å². The van der Waals surface area contributed by atoms with Crippen LogP contribution in [-0.2, 0) is 0 Å². The van der Waals surface area contributed by atoms with Crippen molar-refractivity contribution in [2.24, 2.45) is 0 Å². The van der Waals surface area contributed by atoms with E-state index in [1.807, 2.05) is 18.2 Å². The van der Waals surface area contributed by atoms with Gasteiger partial charge in [-0.25, -0.2) is 9.37 Å². The number of ether oxygens (including phenoxy) is 1. The van der Waals surface area contributed by atoms with Crippen LogP contribution in [0, 0.1) is 5.82 Å². The zero-order valence-corrected chi connectivity index (χ0v) is 11.3. The van der Waals surface area contributed by atoms with Crippen LogP contribution in [0.25, 0.3) is 10.2 Å². The third kappa shape index (κ3) is 1.91. The van der Waals surface area contributed by atoms with Gasteiger partial charge in [-0.2, -0.15) is 0 Å². The van der Waals surface area contributed by atoms with Gasteiger partial charge in [0, 0.05) is 6.07 Å². The van der Waals surface area contributed by atoms with Gasteiger partial charge in [0.2, 0.25) is 0 Å². The van der Waals surface area contributed by atoms with Crippen LogP contribution in [-0.4, -0.2) is 11.5 Å². The number of aromatic nitrogens is 1. The van der Waals surface area contributed by atoms with Crippen LogP contribution in [0.1, 0.15) is 11.1 Å². The fraction of sp³-hybridized carbons (Fsp3) is 0.133. The Balaban J connectivity index is 1.69. The van der Waals surface area contributed by atoms with Crippen molar-refractivity contribution in [1.82, 2.24) is 4.98 Å². The zero-order chi connectivity index (χ0) is 13.5. The zero-order valence-electron chi connectivity index (χ0n) is 10.5. The molecule has 20 heavy (non-hydrogen) atoms. The van der Waals surface area contributed by atoms with E-state index in [0.29, 0.717) is 18.0 Å². The topological polar surface area (TPSA) is 34.2 Å². The molecule has 0 amide bonds. The molecular weight excluding hydrogens is 275 g/mol. The normalized spacial score (nSPS) is 17.4. The number of benzene rings is 2. The van der Waals surface area contributed by atoms with Crippen molar-refractivity contribution >= 4 is 27.2 Å². The molecule has 1 aliphatic heterocycles. The fourth-order valence-corrected chi connectivity index (χ4v) is 3.30. The lowest BCUT2D eigenvalue weighted by molar-refractivity contribution is 0.210. The predicted molar refractivity (Wildman–Crippen MR) is 77.9 cm³/mol. The average molecular weight is 286 g/mol. The lowest BCUT2D eigenvalue weighted by Gasteiger charge is -2.25. The summed E-state index contributed by atoms with van der Waals surface area (Å²) in [6.45, 7) is 0.594. The Bertz CT molecular complexity index is 753. The van der Waals surface area contributed by atoms with E-state index in [-0.39, 0.29) is 11.9 Å². The third-order valence-corrected chi connectivity index (χ3v) is 4.40. The molecular formula is C15H11FN2OS. The van der Waals surface area contributed by atoms with Gasteiger partial charge >= 0.3 is 0 Å². The molecule has 0 fully saturated rings. The first kappa shape index (κ1) is 11.7. The summed E-state index contributed by atoms with van der Waals surface area (Å²) >= 11 is 1.63. The van der Waals surface area contributed by atoms with Crippen molar-refractivity contribution in [3.8, 4) is 5.75 Å². The summed E-state index contributed by atoms with van der Waals surface area (Å²) in [7, 11) is 0. The molecule has 0 radical (unpaired) electrons. The molecule has 1 aliphatic rings. The predicted octanol–water partition coefficient (Wildman–Crippen LogP) is 3.98. The largest absolute Gasteiger partial charge is 0.479 e. The summed E-state index contributed by atoms with van der Waals surface area (Å²) in [6, 6.07) is 12.5. The van der Waals surface area contributed by atoms with Crippen molar-refractivity contribution in [3.63, 3.8) is 0 Å². The molecule has 2 heterocycles. The molecule has 1 unspecified atom stereocenters. The van der Waals surface area contributed by atoms with Crippen LogP contribution in [0.3, 0.4) is 0 Å². The van der Waals surface area contributed by atoms with Crippen molar-refractivity contribution in [2.75, 3.05) is 11.9 Å². The number of thiazole rings is 1. The standard InChI is InChI=1S/C15H11FN2OS/c16-9-5-6-12-11(7-9)17-8-13(19-12)15-18-10-3-1-2-4-14(10)20-15/h1-7,13,17H,8H2. The minimum Gasteiger partial charge on any atom is -0.479 e. The maximum atomic E-state index is 13.1. The number of rotatable bonds is 1. The van der Waals surface area contributed by atoms with Gasteiger partial charge in [-0.05, 0) is 24.3 Å². The van der Waals surface area contributed by atoms with Gasteiger partial charge in [-0.15, -0.1) is 11.3 Å². The Hall–Kier alpha value is -2.14. The summed E-state index contributed by atoms with van der Waals surface area (Å²) in [5.41, 5.74) is 1.68. The first-order valence-corrected chi connectivity index (χ1v) is 7.17. The van der Waals surface area contributed by atoms with Crippen LogP contribution in [0.4, 0.5) is 10.1 Å². The number of hydrogen-bond acceptors (Lipinski definition) is 4. The van der Waals surface area contributed by atoms with Crippen LogP contribution >= 0.6 is 11.3 Å². The van der Waals surface area contributed by atoms with E-state index in [1.165, 1.54) is 12.1 Å². The molecule has 0 saturated heterocycles. The summed E-state index contributed by atoms with van der Waals surface area (Å²) in [5.74, 6) is 0.403. The van der Waals surface area contributed by atoms with Gasteiger partial charge < -0.3 is 10.1 Å². The van der Waals surface area contributed by atoms with Crippen molar-refractivity contribution in [2.45, 2.75) is 6.10 Å². The fourth-order valence-electron chi connectivity index (χ4n) is 2.31. The highest BCUT2D eigenvalue weighted by Crippen LogP contribution is 2.36. The van der Waals surface area contributed by atoms with E-state index in [4.69, 9.17) is 4.74 Å². The van der Waals surface area contributed by atoms with E-state index in [0.717, 1.165) is 15.2 Å². The Morgan fingerprint density at radius 3 is 3.05 bits per heavy atom. The second-order valence-corrected chi connectivity index (χ2v) is 5.71. The average Bonchev–Trinajstić information content (AvgIpc) is 2.90. The molecule has 0 bridgehead atoms. The number of halogens is 1. The van der Waals surface area contributed by atoms with Gasteiger partial charge in [0.25, 0.3) is 0 Å². The van der Waals surface area contributed by atoms with Gasteiger partial charge in [0.1, 0.15) is 16.6 Å². The van der Waals surface area contributed by atoms with Crippen LogP contribution in [0.15, 0.2) is 42.5 Å². The van der Waals surface area contributed by atoms with Crippen LogP contribution in [0.5, 0.6) is 5.75 Å². The first-order chi connectivity index (χ1) is 9.79. The van der Waals surface area contributed by atoms with E-state index in [1.54, 1.807) is 17.4 Å². The van der Waals surface area contributed by atoms with Crippen molar-refractivity contribution in [3.05, 3.63) is 53.3 Å². The summed E-state index contributed by atoms with van der Waals surface area (Å²) in [5, 5.41) is 4.14. The SMILES string of the molecule is Fc1ccc2c(c1)NCC(c1nc3ccccc3s1)O2. The number of para-hydroxylation sites is 1. The third-order valence-electron chi connectivity index (χ3n) is 3.27. The van der Waals surface area contributed by atoms with Gasteiger partial charge in [-0.1, -0.05) is 12.1 Å². The number of hydrogen-bond donors (Lipinski definition) is 1. The maximum absolute atomic E-state index is 13.1. The molecule has 1 aromatic heterocycles. The summed E-state index contributed by atoms with van der Waals surface area (Å²) in [6.07, 6.45) is -0.134. The van der Waals surface area contributed by atoms with Crippen LogP contribution < -0.4 is 10.1 Å². The minimum absolute atomic E-state index is 0.134. The molecule has 0 saturated carbocycles. The molecule has 0 spiro atoms. The van der Waals surface area contributed by atoms with Gasteiger partial charge in [0.15, 0.2) is 6.10 Å². The second kappa shape index (κ2) is 4.45. The van der Waals surface area contributed by atoms with Crippen molar-refractivity contribution < 1.29 is 9.13 Å². The lowest BCUT2D eigenvalue weighted by Crippen LogP contribution is -2.23. The molecule has 3 aromatic rings. The maximum Gasteiger partial charge on any atom is 0.167 e. The summed E-state index contributed by atoms with van der Waals surface area (Å²) < 4.78 is 20.2. The lowest BCUT2D eigenvalue weighted by atomic mass is 10.2. The molecule has 1 N–H and O–H groups in total. The molecule has 4 rings (SSSR count). The van der Waals surface area contributed by atoms with E-state index >= 15 is 0 Å². The number of anilines is 1. The van der Waals surface area contributed by atoms with Gasteiger partial charge in [-0.3, -0.25) is 0 Å². The molecule has 100 valence electrons.